The van der Waals surface area contributed by atoms with Crippen LogP contribution in [0.5, 0.6) is 0 Å². The number of hydrogen-bond acceptors (Lipinski definition) is 6. The third-order valence-electron chi connectivity index (χ3n) is 11.4. The zero-order valence-electron chi connectivity index (χ0n) is 30.3. The molecule has 0 saturated carbocycles. The van der Waals surface area contributed by atoms with Crippen LogP contribution in [0.25, 0.3) is 17.0 Å². The number of fused-ring (bicyclic) bond motifs is 2. The van der Waals surface area contributed by atoms with Gasteiger partial charge in [-0.05, 0) is 105 Å². The van der Waals surface area contributed by atoms with E-state index in [0.29, 0.717) is 18.7 Å². The van der Waals surface area contributed by atoms with Gasteiger partial charge >= 0.3 is 5.63 Å². The first kappa shape index (κ1) is 35.0. The van der Waals surface area contributed by atoms with Crippen LogP contribution in [-0.2, 0) is 17.6 Å². The zero-order valence-corrected chi connectivity index (χ0v) is 31.1. The van der Waals surface area contributed by atoms with Crippen molar-refractivity contribution in [1.82, 2.24) is 9.80 Å². The van der Waals surface area contributed by atoms with Gasteiger partial charge in [0.15, 0.2) is 0 Å². The van der Waals surface area contributed by atoms with E-state index in [0.717, 1.165) is 88.4 Å². The van der Waals surface area contributed by atoms with Crippen molar-refractivity contribution in [2.75, 3.05) is 56.9 Å². The molecule has 1 amide bonds. The summed E-state index contributed by atoms with van der Waals surface area (Å²) in [6.45, 7) is 5.64. The van der Waals surface area contributed by atoms with Crippen molar-refractivity contribution in [3.63, 3.8) is 0 Å². The lowest BCUT2D eigenvalue weighted by molar-refractivity contribution is -0.128. The summed E-state index contributed by atoms with van der Waals surface area (Å²) in [4.78, 5) is 33.4. The first-order valence-electron chi connectivity index (χ1n) is 19.1. The molecule has 8 rings (SSSR count). The lowest BCUT2D eigenvalue weighted by Crippen LogP contribution is -2.49. The minimum absolute atomic E-state index is 0.0291. The minimum Gasteiger partial charge on any atom is -0.422 e. The second-order valence-corrected chi connectivity index (χ2v) is 18.1. The summed E-state index contributed by atoms with van der Waals surface area (Å²) in [5, 5.41) is 15.2. The van der Waals surface area contributed by atoms with Crippen molar-refractivity contribution in [2.45, 2.75) is 38.5 Å². The highest BCUT2D eigenvalue weighted by Crippen LogP contribution is 2.56. The average molecular weight is 722 g/mol. The Morgan fingerprint density at radius 1 is 0.774 bits per heavy atom. The topological polar surface area (TPSA) is 80.8 Å². The maximum absolute atomic E-state index is 13.6. The molecule has 0 bridgehead atoms. The number of piperazine rings is 1. The molecule has 4 heterocycles. The number of carbonyl (C=O) groups excluding carboxylic acids is 1. The average Bonchev–Trinajstić information content (AvgIpc) is 3.22. The fourth-order valence-electron chi connectivity index (χ4n) is 8.77. The van der Waals surface area contributed by atoms with Crippen molar-refractivity contribution in [3.8, 4) is 6.07 Å². The molecule has 5 aromatic rings. The molecule has 268 valence electrons. The lowest BCUT2D eigenvalue weighted by Gasteiger charge is -2.37. The van der Waals surface area contributed by atoms with E-state index in [1.807, 2.05) is 0 Å². The molecule has 7 nitrogen and oxygen atoms in total. The Morgan fingerprint density at radius 2 is 1.38 bits per heavy atom. The maximum atomic E-state index is 13.6. The monoisotopic (exact) mass is 721 g/mol. The van der Waals surface area contributed by atoms with Gasteiger partial charge in [0.2, 0.25) is 0 Å². The number of unbranched alkanes of at least 4 members (excludes halogenated alkanes) is 1. The van der Waals surface area contributed by atoms with Crippen LogP contribution in [0.4, 0.5) is 5.69 Å². The molecule has 1 aromatic heterocycles. The molecule has 3 aliphatic rings. The quantitative estimate of drug-likeness (QED) is 0.0553. The normalized spacial score (nSPS) is 16.3. The number of benzene rings is 4. The molecule has 8 heteroatoms. The number of nitriles is 1. The summed E-state index contributed by atoms with van der Waals surface area (Å²) in [7, 11) is -1.86. The standard InChI is InChI=1S/C45H46N4O3P/c46-33-37(32-36-31-35-30-34-14-12-23-48-24-13-21-41(42(34)48)43(35)52-45(36)51)44(50)49-27-25-47(26-28-49)22-10-11-29-53(38-15-4-1-5-16-38,39-17-6-2-7-18-39)40-19-8-3-9-20-40/h1-9,15-20,30-32H,10-14,21-29H2/q+1/b37-32+. The van der Waals surface area contributed by atoms with Crippen LogP contribution in [0.15, 0.2) is 118 Å². The van der Waals surface area contributed by atoms with Crippen LogP contribution < -0.4 is 26.4 Å². The first-order chi connectivity index (χ1) is 26.0. The Kier molecular flexibility index (Phi) is 10.3. The Balaban J connectivity index is 0.925. The summed E-state index contributed by atoms with van der Waals surface area (Å²) < 4.78 is 5.92. The molecule has 0 N–H and O–H groups in total. The van der Waals surface area contributed by atoms with Gasteiger partial charge in [0.05, 0.1) is 11.7 Å². The van der Waals surface area contributed by atoms with Gasteiger partial charge in [0.1, 0.15) is 40.4 Å². The summed E-state index contributed by atoms with van der Waals surface area (Å²) in [5.74, 6) is -0.328. The molecule has 0 radical (unpaired) electrons. The molecule has 3 aliphatic heterocycles. The smallest absolute Gasteiger partial charge is 0.343 e. The maximum Gasteiger partial charge on any atom is 0.343 e. The number of anilines is 1. The fraction of sp³-hybridized carbons (Fsp3) is 0.311. The molecular formula is C45H46N4O3P+. The summed E-state index contributed by atoms with van der Waals surface area (Å²) in [6.07, 6.45) is 8.71. The molecule has 1 fully saturated rings. The largest absolute Gasteiger partial charge is 0.422 e. The van der Waals surface area contributed by atoms with E-state index in [1.54, 1.807) is 11.0 Å². The lowest BCUT2D eigenvalue weighted by atomic mass is 9.90. The van der Waals surface area contributed by atoms with Gasteiger partial charge in [0, 0.05) is 55.9 Å². The number of carbonyl (C=O) groups is 1. The molecule has 0 aliphatic carbocycles. The molecule has 1 saturated heterocycles. The van der Waals surface area contributed by atoms with Crippen molar-refractivity contribution in [3.05, 3.63) is 136 Å². The van der Waals surface area contributed by atoms with Gasteiger partial charge < -0.3 is 14.2 Å². The second kappa shape index (κ2) is 15.5. The zero-order chi connectivity index (χ0) is 36.2. The molecule has 0 unspecified atom stereocenters. The Hall–Kier alpha value is -5.02. The Labute approximate surface area is 312 Å². The van der Waals surface area contributed by atoms with Gasteiger partial charge in [-0.25, -0.2) is 4.79 Å². The fourth-order valence-corrected chi connectivity index (χ4v) is 13.2. The van der Waals surface area contributed by atoms with E-state index in [4.69, 9.17) is 4.42 Å². The summed E-state index contributed by atoms with van der Waals surface area (Å²) >= 11 is 0. The first-order valence-corrected chi connectivity index (χ1v) is 21.1. The van der Waals surface area contributed by atoms with E-state index in [9.17, 15) is 14.9 Å². The van der Waals surface area contributed by atoms with Crippen LogP contribution >= 0.6 is 7.26 Å². The van der Waals surface area contributed by atoms with Crippen molar-refractivity contribution >= 4 is 51.8 Å². The Morgan fingerprint density at radius 3 is 1.98 bits per heavy atom. The third-order valence-corrected chi connectivity index (χ3v) is 15.9. The van der Waals surface area contributed by atoms with E-state index >= 15 is 0 Å². The predicted molar refractivity (Wildman–Crippen MR) is 217 cm³/mol. The second-order valence-electron chi connectivity index (χ2n) is 14.5. The van der Waals surface area contributed by atoms with E-state index in [-0.39, 0.29) is 17.0 Å². The molecule has 0 atom stereocenters. The van der Waals surface area contributed by atoms with Crippen molar-refractivity contribution < 1.29 is 9.21 Å². The highest BCUT2D eigenvalue weighted by molar-refractivity contribution is 7.95. The van der Waals surface area contributed by atoms with Gasteiger partial charge in [0.25, 0.3) is 5.91 Å². The third kappa shape index (κ3) is 6.95. The van der Waals surface area contributed by atoms with Gasteiger partial charge in [-0.3, -0.25) is 9.69 Å². The highest BCUT2D eigenvalue weighted by Gasteiger charge is 2.44. The van der Waals surface area contributed by atoms with Crippen molar-refractivity contribution in [2.24, 2.45) is 0 Å². The van der Waals surface area contributed by atoms with Crippen LogP contribution in [0.1, 0.15) is 42.4 Å². The van der Waals surface area contributed by atoms with E-state index in [1.165, 1.54) is 33.2 Å². The number of rotatable bonds is 10. The van der Waals surface area contributed by atoms with E-state index < -0.39 is 12.9 Å². The minimum atomic E-state index is -1.86. The van der Waals surface area contributed by atoms with Gasteiger partial charge in [-0.15, -0.1) is 0 Å². The van der Waals surface area contributed by atoms with Gasteiger partial charge in [-0.1, -0.05) is 54.6 Å². The highest BCUT2D eigenvalue weighted by atomic mass is 31.2. The number of nitrogens with zero attached hydrogens (tertiary/aromatic N) is 4. The molecular weight excluding hydrogens is 675 g/mol. The van der Waals surface area contributed by atoms with Crippen LogP contribution in [0, 0.1) is 11.3 Å². The van der Waals surface area contributed by atoms with E-state index in [2.05, 4.69) is 113 Å². The summed E-state index contributed by atoms with van der Waals surface area (Å²) in [6, 6.07) is 39.1. The Bertz CT molecular complexity index is 2120. The van der Waals surface area contributed by atoms with Crippen LogP contribution in [-0.4, -0.2) is 67.7 Å². The number of amides is 1. The predicted octanol–water partition coefficient (Wildman–Crippen LogP) is 6.32. The number of aryl methyl sites for hydroxylation is 2. The SMILES string of the molecule is N#C/C(=C\c1cc2cc3c4c(c2oc1=O)CCCN4CCC3)C(=O)N1CCN(CCCC[P+](c2ccccc2)(c2ccccc2)c2ccccc2)CC1. The molecule has 4 aromatic carbocycles. The number of hydrogen-bond donors (Lipinski definition) is 0. The summed E-state index contributed by atoms with van der Waals surface area (Å²) in [5.41, 5.74) is 4.01. The van der Waals surface area contributed by atoms with Crippen LogP contribution in [0.3, 0.4) is 0 Å². The molecule has 0 spiro atoms. The van der Waals surface area contributed by atoms with Crippen LogP contribution in [0.2, 0.25) is 0 Å². The molecule has 53 heavy (non-hydrogen) atoms. The van der Waals surface area contributed by atoms with Crippen molar-refractivity contribution in [1.29, 1.82) is 5.26 Å². The van der Waals surface area contributed by atoms with Gasteiger partial charge in [-0.2, -0.15) is 5.26 Å².